The number of likely N-dealkylation sites (tertiary alicyclic amines) is 1. The fourth-order valence-corrected chi connectivity index (χ4v) is 2.03. The molecule has 4 nitrogen and oxygen atoms in total. The zero-order valence-corrected chi connectivity index (χ0v) is 9.37. The van der Waals surface area contributed by atoms with Gasteiger partial charge in [0.15, 0.2) is 0 Å². The molecule has 86 valence electrons. The molecule has 1 saturated heterocycles. The van der Waals surface area contributed by atoms with Crippen molar-refractivity contribution in [1.82, 2.24) is 4.90 Å². The van der Waals surface area contributed by atoms with Crippen LogP contribution in [0, 0.1) is 0 Å². The van der Waals surface area contributed by atoms with Gasteiger partial charge in [0.25, 0.3) is 0 Å². The van der Waals surface area contributed by atoms with Gasteiger partial charge in [0.05, 0.1) is 0 Å². The van der Waals surface area contributed by atoms with E-state index in [4.69, 9.17) is 5.73 Å². The van der Waals surface area contributed by atoms with E-state index in [-0.39, 0.29) is 17.9 Å². The van der Waals surface area contributed by atoms with E-state index in [2.05, 4.69) is 6.92 Å². The number of amides is 2. The second-order valence-electron chi connectivity index (χ2n) is 4.10. The van der Waals surface area contributed by atoms with Gasteiger partial charge in [-0.15, -0.1) is 0 Å². The molecule has 1 aliphatic heterocycles. The fourth-order valence-electron chi connectivity index (χ4n) is 2.03. The van der Waals surface area contributed by atoms with Crippen molar-refractivity contribution in [3.8, 4) is 0 Å². The van der Waals surface area contributed by atoms with Gasteiger partial charge in [-0.05, 0) is 19.3 Å². The number of primary amides is 1. The number of hydrogen-bond acceptors (Lipinski definition) is 2. The minimum atomic E-state index is -0.364. The second-order valence-corrected chi connectivity index (χ2v) is 4.10. The number of hydrogen-bond donors (Lipinski definition) is 1. The molecular weight excluding hydrogens is 192 g/mol. The summed E-state index contributed by atoms with van der Waals surface area (Å²) in [6.07, 6.45) is 5.27. The van der Waals surface area contributed by atoms with E-state index in [0.717, 1.165) is 32.1 Å². The van der Waals surface area contributed by atoms with Gasteiger partial charge in [0.2, 0.25) is 11.8 Å². The molecular formula is C11H20N2O2. The zero-order chi connectivity index (χ0) is 11.3. The highest BCUT2D eigenvalue weighted by Gasteiger charge is 2.31. The van der Waals surface area contributed by atoms with E-state index in [1.807, 2.05) is 0 Å². The van der Waals surface area contributed by atoms with Crippen LogP contribution in [0.5, 0.6) is 0 Å². The number of carbonyl (C=O) groups excluding carboxylic acids is 2. The van der Waals surface area contributed by atoms with Crippen LogP contribution in [0.4, 0.5) is 0 Å². The molecule has 1 unspecified atom stereocenters. The molecule has 15 heavy (non-hydrogen) atoms. The van der Waals surface area contributed by atoms with Gasteiger partial charge in [0.1, 0.15) is 6.04 Å². The summed E-state index contributed by atoms with van der Waals surface area (Å²) in [6.45, 7) is 2.80. The monoisotopic (exact) mass is 212 g/mol. The molecule has 0 radical (unpaired) electrons. The minimum Gasteiger partial charge on any atom is -0.368 e. The second kappa shape index (κ2) is 5.73. The normalized spacial score (nSPS) is 20.6. The topological polar surface area (TPSA) is 63.4 Å². The van der Waals surface area contributed by atoms with E-state index >= 15 is 0 Å². The lowest BCUT2D eigenvalue weighted by Crippen LogP contribution is -2.43. The highest BCUT2D eigenvalue weighted by molar-refractivity contribution is 5.87. The summed E-state index contributed by atoms with van der Waals surface area (Å²) >= 11 is 0. The number of rotatable bonds is 5. The lowest BCUT2D eigenvalue weighted by Gasteiger charge is -2.22. The predicted octanol–water partition coefficient (Wildman–Crippen LogP) is 1.04. The van der Waals surface area contributed by atoms with Crippen LogP contribution >= 0.6 is 0 Å². The Kier molecular flexibility index (Phi) is 4.59. The summed E-state index contributed by atoms with van der Waals surface area (Å²) in [7, 11) is 0. The molecule has 1 heterocycles. The number of unbranched alkanes of at least 4 members (excludes halogenated alkanes) is 2. The lowest BCUT2D eigenvalue weighted by molar-refractivity contribution is -0.137. The summed E-state index contributed by atoms with van der Waals surface area (Å²) < 4.78 is 0. The predicted molar refractivity (Wildman–Crippen MR) is 58.1 cm³/mol. The Morgan fingerprint density at radius 2 is 2.13 bits per heavy atom. The van der Waals surface area contributed by atoms with Crippen LogP contribution in [0.3, 0.4) is 0 Å². The molecule has 1 atom stereocenters. The van der Waals surface area contributed by atoms with E-state index in [9.17, 15) is 9.59 Å². The van der Waals surface area contributed by atoms with Crippen LogP contribution < -0.4 is 5.73 Å². The van der Waals surface area contributed by atoms with Gasteiger partial charge >= 0.3 is 0 Å². The van der Waals surface area contributed by atoms with Crippen molar-refractivity contribution < 1.29 is 9.59 Å². The maximum Gasteiger partial charge on any atom is 0.240 e. The standard InChI is InChI=1S/C11H20N2O2/c1-2-3-4-7-10(14)13-8-5-6-9(13)11(12)15/h9H,2-8H2,1H3,(H2,12,15). The maximum absolute atomic E-state index is 11.8. The minimum absolute atomic E-state index is 0.0877. The first-order valence-corrected chi connectivity index (χ1v) is 5.75. The third-order valence-electron chi connectivity index (χ3n) is 2.90. The average Bonchev–Trinajstić information content (AvgIpc) is 2.66. The van der Waals surface area contributed by atoms with Crippen LogP contribution in [-0.2, 0) is 9.59 Å². The van der Waals surface area contributed by atoms with Crippen LogP contribution in [0.15, 0.2) is 0 Å². The number of carbonyl (C=O) groups is 2. The first-order valence-electron chi connectivity index (χ1n) is 5.75. The van der Waals surface area contributed by atoms with Gasteiger partial charge in [0, 0.05) is 13.0 Å². The van der Waals surface area contributed by atoms with Crippen molar-refractivity contribution >= 4 is 11.8 Å². The van der Waals surface area contributed by atoms with Crippen molar-refractivity contribution in [2.75, 3.05) is 6.54 Å². The van der Waals surface area contributed by atoms with Gasteiger partial charge < -0.3 is 10.6 Å². The van der Waals surface area contributed by atoms with E-state index in [1.165, 1.54) is 0 Å². The Morgan fingerprint density at radius 1 is 1.40 bits per heavy atom. The summed E-state index contributed by atoms with van der Waals surface area (Å²) in [5, 5.41) is 0. The number of nitrogens with two attached hydrogens (primary N) is 1. The number of nitrogens with zero attached hydrogens (tertiary/aromatic N) is 1. The lowest BCUT2D eigenvalue weighted by atomic mass is 10.1. The fraction of sp³-hybridized carbons (Fsp3) is 0.818. The van der Waals surface area contributed by atoms with Crippen molar-refractivity contribution in [3.05, 3.63) is 0 Å². The molecule has 0 spiro atoms. The van der Waals surface area contributed by atoms with Crippen molar-refractivity contribution in [3.63, 3.8) is 0 Å². The molecule has 1 fully saturated rings. The zero-order valence-electron chi connectivity index (χ0n) is 9.37. The SMILES string of the molecule is CCCCCC(=O)N1CCCC1C(N)=O. The molecule has 2 N–H and O–H groups in total. The van der Waals surface area contributed by atoms with Gasteiger partial charge in [-0.2, -0.15) is 0 Å². The van der Waals surface area contributed by atoms with Crippen LogP contribution in [-0.4, -0.2) is 29.3 Å². The molecule has 0 bridgehead atoms. The molecule has 2 amide bonds. The third kappa shape index (κ3) is 3.22. The van der Waals surface area contributed by atoms with Gasteiger partial charge in [-0.1, -0.05) is 19.8 Å². The van der Waals surface area contributed by atoms with E-state index in [0.29, 0.717) is 13.0 Å². The van der Waals surface area contributed by atoms with Crippen molar-refractivity contribution in [2.45, 2.75) is 51.5 Å². The van der Waals surface area contributed by atoms with Crippen LogP contribution in [0.2, 0.25) is 0 Å². The quantitative estimate of drug-likeness (QED) is 0.692. The van der Waals surface area contributed by atoms with Gasteiger partial charge in [-0.25, -0.2) is 0 Å². The highest BCUT2D eigenvalue weighted by atomic mass is 16.2. The molecule has 1 aliphatic rings. The van der Waals surface area contributed by atoms with Crippen LogP contribution in [0.1, 0.15) is 45.4 Å². The first-order chi connectivity index (χ1) is 7.16. The Labute approximate surface area is 90.8 Å². The average molecular weight is 212 g/mol. The Hall–Kier alpha value is -1.06. The van der Waals surface area contributed by atoms with E-state index < -0.39 is 0 Å². The molecule has 0 aromatic rings. The van der Waals surface area contributed by atoms with E-state index in [1.54, 1.807) is 4.90 Å². The van der Waals surface area contributed by atoms with Crippen LogP contribution in [0.25, 0.3) is 0 Å². The smallest absolute Gasteiger partial charge is 0.240 e. The summed E-state index contributed by atoms with van der Waals surface area (Å²) in [6, 6.07) is -0.348. The summed E-state index contributed by atoms with van der Waals surface area (Å²) in [5.41, 5.74) is 5.25. The molecule has 4 heteroatoms. The van der Waals surface area contributed by atoms with Crippen molar-refractivity contribution in [2.24, 2.45) is 5.73 Å². The maximum atomic E-state index is 11.8. The molecule has 1 rings (SSSR count). The first kappa shape index (κ1) is 12.0. The summed E-state index contributed by atoms with van der Waals surface area (Å²) in [5.74, 6) is -0.277. The highest BCUT2D eigenvalue weighted by Crippen LogP contribution is 2.18. The Morgan fingerprint density at radius 3 is 2.73 bits per heavy atom. The Bertz CT molecular complexity index is 241. The molecule has 0 aromatic heterocycles. The van der Waals surface area contributed by atoms with Crippen molar-refractivity contribution in [1.29, 1.82) is 0 Å². The Balaban J connectivity index is 2.40. The summed E-state index contributed by atoms with van der Waals surface area (Å²) in [4.78, 5) is 24.5. The van der Waals surface area contributed by atoms with Gasteiger partial charge in [-0.3, -0.25) is 9.59 Å². The molecule has 0 saturated carbocycles. The molecule has 0 aromatic carbocycles. The molecule has 0 aliphatic carbocycles. The third-order valence-corrected chi connectivity index (χ3v) is 2.90. The largest absolute Gasteiger partial charge is 0.368 e.